The number of likely N-dealkylation sites (N-methyl/N-ethyl adjacent to an activating group) is 2. The molecule has 0 aromatic heterocycles. The summed E-state index contributed by atoms with van der Waals surface area (Å²) in [7, 11) is 9.91. The van der Waals surface area contributed by atoms with Crippen LogP contribution in [0.25, 0.3) is 0 Å². The molecule has 5 N–H and O–H groups in total. The summed E-state index contributed by atoms with van der Waals surface area (Å²) in [5.41, 5.74) is 7.28. The number of carbonyl (C=O) groups is 5. The van der Waals surface area contributed by atoms with Crippen LogP contribution in [0, 0.1) is 50.4 Å². The third-order valence-corrected chi connectivity index (χ3v) is 29.2. The molecule has 2 spiro atoms. The van der Waals surface area contributed by atoms with Crippen molar-refractivity contribution in [3.8, 4) is 92.6 Å². The summed E-state index contributed by atoms with van der Waals surface area (Å²) in [6.07, 6.45) is 3.69. The van der Waals surface area contributed by atoms with Crippen molar-refractivity contribution in [3.05, 3.63) is 151 Å². The summed E-state index contributed by atoms with van der Waals surface area (Å²) in [6, 6.07) is 10.1. The van der Waals surface area contributed by atoms with Crippen LogP contribution in [0.15, 0.2) is 61.7 Å². The van der Waals surface area contributed by atoms with Gasteiger partial charge in [0.25, 0.3) is 0 Å². The minimum atomic E-state index is -1.49. The van der Waals surface area contributed by atoms with E-state index in [0.717, 1.165) is 33.4 Å². The van der Waals surface area contributed by atoms with Gasteiger partial charge in [0, 0.05) is 99.7 Å². The first kappa shape index (κ1) is 84.2. The molecule has 6 aromatic rings. The molecular weight excluding hydrogens is 1630 g/mol. The first-order valence-electron chi connectivity index (χ1n) is 40.9. The summed E-state index contributed by atoms with van der Waals surface area (Å²) in [4.78, 5) is 78.6. The molecule has 4 fully saturated rings. The number of aromatic hydroxyl groups is 3. The smallest absolute Gasteiger partial charge is 0.504 e. The van der Waals surface area contributed by atoms with Gasteiger partial charge in [-0.3, -0.25) is 35.0 Å². The van der Waals surface area contributed by atoms with Gasteiger partial charge in [0.15, 0.2) is 80.1 Å². The molecule has 14 atom stereocenters. The molecule has 20 rings (SSSR count). The summed E-state index contributed by atoms with van der Waals surface area (Å²) < 4.78 is 89.7. The van der Waals surface area contributed by atoms with Gasteiger partial charge in [-0.05, 0) is 163 Å². The number of benzene rings is 6. The number of phenols is 3. The molecule has 0 saturated carbocycles. The maximum atomic E-state index is 15.1. The number of hydrogen-bond acceptors (Lipinski definition) is 33. The summed E-state index contributed by atoms with van der Waals surface area (Å²) in [5, 5.41) is 63.4. The van der Waals surface area contributed by atoms with E-state index in [2.05, 4.69) is 55.5 Å². The van der Waals surface area contributed by atoms with Gasteiger partial charge in [0.05, 0.1) is 75.2 Å². The van der Waals surface area contributed by atoms with Crippen LogP contribution in [0.1, 0.15) is 157 Å². The average molecular weight is 1720 g/mol. The van der Waals surface area contributed by atoms with Crippen LogP contribution >= 0.6 is 23.5 Å². The zero-order chi connectivity index (χ0) is 87.1. The third kappa shape index (κ3) is 13.4. The maximum Gasteiger partial charge on any atom is 0.514 e. The quantitative estimate of drug-likeness (QED) is 0.0250. The number of nitriles is 2. The van der Waals surface area contributed by atoms with Gasteiger partial charge in [0.2, 0.25) is 13.6 Å². The van der Waals surface area contributed by atoms with Gasteiger partial charge < -0.3 is 86.4 Å². The molecule has 14 aliphatic heterocycles. The van der Waals surface area contributed by atoms with E-state index < -0.39 is 106 Å². The lowest BCUT2D eigenvalue weighted by Crippen LogP contribution is -2.69. The van der Waals surface area contributed by atoms with E-state index in [1.807, 2.05) is 47.0 Å². The van der Waals surface area contributed by atoms with Crippen LogP contribution in [0.3, 0.4) is 0 Å². The Hall–Kier alpha value is -11.0. The van der Waals surface area contributed by atoms with Gasteiger partial charge in [-0.1, -0.05) is 30.9 Å². The summed E-state index contributed by atoms with van der Waals surface area (Å²) >= 11 is 2.90. The Balaban J connectivity index is 0.000000176. The Morgan fingerprint density at radius 3 is 1.50 bits per heavy atom. The topological polar surface area (TPSA) is 369 Å². The molecule has 2 unspecified atom stereocenters. The normalized spacial score (nSPS) is 27.1. The number of hydrogen-bond donors (Lipinski definition) is 5. The minimum Gasteiger partial charge on any atom is -0.504 e. The number of thioether (sulfide) groups is 2. The fraction of sp³-hybridized carbons (Fsp3) is 0.478. The van der Waals surface area contributed by atoms with E-state index in [4.69, 9.17) is 71.1 Å². The van der Waals surface area contributed by atoms with Crippen molar-refractivity contribution in [3.63, 3.8) is 0 Å². The van der Waals surface area contributed by atoms with Crippen molar-refractivity contribution in [2.24, 2.45) is 0 Å². The molecule has 14 heterocycles. The largest absolute Gasteiger partial charge is 0.514 e. The summed E-state index contributed by atoms with van der Waals surface area (Å²) in [5.74, 6) is 2.08. The summed E-state index contributed by atoms with van der Waals surface area (Å²) in [6.45, 7) is 20.1. The number of nitrogens with one attached hydrogen (secondary N) is 2. The lowest BCUT2D eigenvalue weighted by molar-refractivity contribution is -0.158. The first-order chi connectivity index (χ1) is 59.1. The lowest BCUT2D eigenvalue weighted by atomic mass is 9.71. The highest BCUT2D eigenvalue weighted by Crippen LogP contribution is 2.68. The van der Waals surface area contributed by atoms with Crippen molar-refractivity contribution in [1.29, 1.82) is 10.5 Å². The molecule has 648 valence electrons. The zero-order valence-electron chi connectivity index (χ0n) is 70.6. The van der Waals surface area contributed by atoms with Gasteiger partial charge in [-0.25, -0.2) is 19.2 Å². The standard InChI is InChI=1S/C47H52N4O13S.C43H46N4O10S/c1-10-13-58-44(54)63-39-23(3)40-41(61-21-60-40)33-29-19-59-43(53)47(26-17-30(56-8)31(16-24(26)11-12-49-47)62-45(55)64-46(4,5)6)20-65-42(34(33)39)36-35-32-25(14-22(2)38(57-9)37(32)52)15-27(50(35)7)28(18-48)51(29)36;1-7-8-9-30(49)57-38-21(3)39-40(56-19-55-39)32-27-17-54-42(51)43(24-15-29(52-5)28(48)14-22(24)10-11-45-43)18-58-41(33(32)38)35-34-31-23(12-20(2)37(53-6)36(31)50)13-25(46(34)4)26(16-44)47(27)35/h10,14,16-17,27-29,35-36,42,49,52H,1,11-13,15,19-21H2,2-9H3;7,12,14-15,25-27,34-35,41,45,48,50H,1,8-11,13,17-19H2,2-6H3/t27-,28-,29-,35+,36?,42+,47+;25-,26-,27-,34+,35?,41+,43+/m00/s1. The SMILES string of the molecule is C=CCCC(=O)Oc1c(C)c2c(c3c1[C@H]1SC[C@]4(NCCc5cc(O)c(OC)cc54)C(=O)OC[C@@H]3N3C1[C@H]1c4c(cc(C)c(OC)c4O)C[C@@H]([C@@H]3C#N)N1C)OCO2.C=CCOC(=O)Oc1c(C)c2c(c3c1[C@H]1SC[C@]4(NCCc5cc(OC(=O)OC(C)(C)C)c(OC)cc54)C(=O)OC[C@@H]3N3C1[C@H]1c4c(cc(C)c(OC)c4O)C[C@@H]([C@@H]3C#N)N1C)OCO2. The number of esters is 3. The van der Waals surface area contributed by atoms with E-state index >= 15 is 4.79 Å². The first-order valence-corrected chi connectivity index (χ1v) is 43.0. The van der Waals surface area contributed by atoms with E-state index in [-0.39, 0.29) is 104 Å². The molecular formula is C90H98N8O23S2. The molecule has 14 aliphatic rings. The molecule has 0 aliphatic carbocycles. The highest BCUT2D eigenvalue weighted by molar-refractivity contribution is 7.99. The molecule has 4 saturated heterocycles. The molecule has 8 bridgehead atoms. The number of allylic oxidation sites excluding steroid dienone is 1. The Morgan fingerprint density at radius 1 is 0.577 bits per heavy atom. The van der Waals surface area contributed by atoms with E-state index in [0.29, 0.717) is 141 Å². The van der Waals surface area contributed by atoms with Gasteiger partial charge in [-0.15, -0.1) is 30.1 Å². The second-order valence-electron chi connectivity index (χ2n) is 33.8. The van der Waals surface area contributed by atoms with Crippen molar-refractivity contribution >= 4 is 53.7 Å². The van der Waals surface area contributed by atoms with Crippen LogP contribution in [0.4, 0.5) is 9.59 Å². The number of phenolic OH excluding ortho intramolecular Hbond substituents is 3. The van der Waals surface area contributed by atoms with Crippen molar-refractivity contribution in [1.82, 2.24) is 30.2 Å². The predicted octanol–water partition coefficient (Wildman–Crippen LogP) is 11.3. The average Bonchev–Trinajstić information content (AvgIpc) is 1.52. The maximum absolute atomic E-state index is 15.1. The van der Waals surface area contributed by atoms with E-state index in [1.54, 1.807) is 58.0 Å². The zero-order valence-corrected chi connectivity index (χ0v) is 72.2. The number of aryl methyl sites for hydroxylation is 2. The molecule has 31 nitrogen and oxygen atoms in total. The Kier molecular flexibility index (Phi) is 22.1. The van der Waals surface area contributed by atoms with E-state index in [1.165, 1.54) is 58.0 Å². The van der Waals surface area contributed by atoms with Crippen LogP contribution in [-0.4, -0.2) is 208 Å². The van der Waals surface area contributed by atoms with Gasteiger partial charge >= 0.3 is 30.2 Å². The Labute approximate surface area is 719 Å². The van der Waals surface area contributed by atoms with Crippen LogP contribution < -0.4 is 62.7 Å². The second kappa shape index (κ2) is 32.3. The minimum absolute atomic E-state index is 0.0000326. The fourth-order valence-corrected chi connectivity index (χ4v) is 24.5. The van der Waals surface area contributed by atoms with Gasteiger partial charge in [0.1, 0.15) is 49.0 Å². The number of rotatable bonds is 12. The monoisotopic (exact) mass is 1720 g/mol. The number of piperazine rings is 2. The van der Waals surface area contributed by atoms with Crippen LogP contribution in [-0.2, 0) is 70.1 Å². The Bertz CT molecular complexity index is 5530. The van der Waals surface area contributed by atoms with Crippen LogP contribution in [0.2, 0.25) is 0 Å². The third-order valence-electron chi connectivity index (χ3n) is 26.2. The fourth-order valence-electron chi connectivity index (χ4n) is 21.1. The predicted molar refractivity (Wildman–Crippen MR) is 446 cm³/mol. The highest BCUT2D eigenvalue weighted by Gasteiger charge is 2.65. The van der Waals surface area contributed by atoms with E-state index in [9.17, 15) is 45.0 Å². The number of nitrogens with zero attached hydrogens (tertiary/aromatic N) is 6. The molecule has 0 radical (unpaired) electrons. The molecule has 6 aromatic carbocycles. The lowest BCUT2D eigenvalue weighted by Gasteiger charge is -2.62. The molecule has 123 heavy (non-hydrogen) atoms. The van der Waals surface area contributed by atoms with Gasteiger partial charge in [-0.2, -0.15) is 10.5 Å². The number of fused-ring (bicyclic) bond motifs is 18. The second-order valence-corrected chi connectivity index (χ2v) is 36.1. The Morgan fingerprint density at radius 2 is 1.05 bits per heavy atom. The van der Waals surface area contributed by atoms with Crippen molar-refractivity contribution in [2.75, 3.05) is 101 Å². The van der Waals surface area contributed by atoms with Crippen molar-refractivity contribution in [2.45, 2.75) is 175 Å². The van der Waals surface area contributed by atoms with Crippen molar-refractivity contribution < 1.29 is 110 Å². The molecule has 33 heteroatoms. The number of methoxy groups -OCH3 is 4. The molecule has 0 amide bonds. The number of carbonyl (C=O) groups excluding carboxylic acids is 5. The highest BCUT2D eigenvalue weighted by atomic mass is 32.2. The number of ether oxygens (including phenoxy) is 15. The van der Waals surface area contributed by atoms with Crippen LogP contribution in [0.5, 0.6) is 80.5 Å².